The van der Waals surface area contributed by atoms with E-state index in [4.69, 9.17) is 15.6 Å². The highest BCUT2D eigenvalue weighted by Gasteiger charge is 2.22. The van der Waals surface area contributed by atoms with Gasteiger partial charge in [-0.05, 0) is 23.1 Å². The third-order valence-electron chi connectivity index (χ3n) is 2.70. The molecule has 0 saturated carbocycles. The quantitative estimate of drug-likeness (QED) is 0.844. The van der Waals surface area contributed by atoms with Crippen LogP contribution in [0.4, 0.5) is 0 Å². The summed E-state index contributed by atoms with van der Waals surface area (Å²) in [7, 11) is 1.50. The molecule has 1 atom stereocenters. The highest BCUT2D eigenvalue weighted by atomic mass is 16.5. The van der Waals surface area contributed by atoms with Gasteiger partial charge in [0.25, 0.3) is 0 Å². The lowest BCUT2D eigenvalue weighted by molar-refractivity contribution is -0.138. The van der Waals surface area contributed by atoms with Gasteiger partial charge in [0, 0.05) is 5.56 Å². The van der Waals surface area contributed by atoms with Crippen molar-refractivity contribution in [3.05, 3.63) is 29.3 Å². The third-order valence-corrected chi connectivity index (χ3v) is 2.70. The fourth-order valence-electron chi connectivity index (χ4n) is 1.58. The zero-order valence-electron chi connectivity index (χ0n) is 10.7. The molecular formula is C13H19NO3. The van der Waals surface area contributed by atoms with Crippen molar-refractivity contribution in [2.45, 2.75) is 32.2 Å². The molecule has 1 unspecified atom stereocenters. The SMILES string of the molecule is COc1ccc(C(C)(C)C)cc1C(N)C(=O)O. The number of methoxy groups -OCH3 is 1. The number of benzene rings is 1. The Morgan fingerprint density at radius 3 is 2.41 bits per heavy atom. The van der Waals surface area contributed by atoms with Gasteiger partial charge in [0.2, 0.25) is 0 Å². The summed E-state index contributed by atoms with van der Waals surface area (Å²) >= 11 is 0. The molecule has 1 rings (SSSR count). The summed E-state index contributed by atoms with van der Waals surface area (Å²) in [4.78, 5) is 10.9. The average Bonchev–Trinajstić information content (AvgIpc) is 2.25. The first-order valence-electron chi connectivity index (χ1n) is 5.44. The minimum absolute atomic E-state index is 0.0563. The fraction of sp³-hybridized carbons (Fsp3) is 0.462. The molecule has 17 heavy (non-hydrogen) atoms. The van der Waals surface area contributed by atoms with Crippen molar-refractivity contribution < 1.29 is 14.6 Å². The van der Waals surface area contributed by atoms with Gasteiger partial charge in [0.05, 0.1) is 7.11 Å². The molecule has 0 aromatic heterocycles. The second kappa shape index (κ2) is 4.75. The predicted molar refractivity (Wildman–Crippen MR) is 66.3 cm³/mol. The highest BCUT2D eigenvalue weighted by molar-refractivity contribution is 5.76. The van der Waals surface area contributed by atoms with Gasteiger partial charge in [-0.1, -0.05) is 26.8 Å². The van der Waals surface area contributed by atoms with Crippen LogP contribution in [0.2, 0.25) is 0 Å². The maximum Gasteiger partial charge on any atom is 0.325 e. The lowest BCUT2D eigenvalue weighted by Gasteiger charge is -2.22. The van der Waals surface area contributed by atoms with Crippen molar-refractivity contribution in [3.8, 4) is 5.75 Å². The first-order chi connectivity index (χ1) is 7.77. The van der Waals surface area contributed by atoms with Gasteiger partial charge in [-0.2, -0.15) is 0 Å². The van der Waals surface area contributed by atoms with Crippen LogP contribution in [0.1, 0.15) is 37.9 Å². The Morgan fingerprint density at radius 2 is 2.00 bits per heavy atom. The number of hydrogen-bond acceptors (Lipinski definition) is 3. The smallest absolute Gasteiger partial charge is 0.325 e. The molecule has 4 heteroatoms. The second-order valence-electron chi connectivity index (χ2n) is 5.02. The predicted octanol–water partition coefficient (Wildman–Crippen LogP) is 2.08. The van der Waals surface area contributed by atoms with Crippen LogP contribution in [0.5, 0.6) is 5.75 Å². The van der Waals surface area contributed by atoms with E-state index >= 15 is 0 Å². The van der Waals surface area contributed by atoms with Crippen molar-refractivity contribution in [1.29, 1.82) is 0 Å². The zero-order chi connectivity index (χ0) is 13.2. The third kappa shape index (κ3) is 2.97. The molecule has 4 nitrogen and oxygen atoms in total. The van der Waals surface area contributed by atoms with Crippen LogP contribution in [0.25, 0.3) is 0 Å². The number of carbonyl (C=O) groups is 1. The Kier molecular flexibility index (Phi) is 3.78. The van der Waals surface area contributed by atoms with Crippen LogP contribution in [0.3, 0.4) is 0 Å². The summed E-state index contributed by atoms with van der Waals surface area (Å²) in [6, 6.07) is 4.43. The molecule has 0 aliphatic rings. The molecular weight excluding hydrogens is 218 g/mol. The Hall–Kier alpha value is -1.55. The van der Waals surface area contributed by atoms with E-state index in [-0.39, 0.29) is 5.41 Å². The number of carboxylic acid groups (broad SMARTS) is 1. The van der Waals surface area contributed by atoms with Crippen LogP contribution in [-0.2, 0) is 10.2 Å². The lowest BCUT2D eigenvalue weighted by Crippen LogP contribution is -2.22. The fourth-order valence-corrected chi connectivity index (χ4v) is 1.58. The number of carboxylic acids is 1. The summed E-state index contributed by atoms with van der Waals surface area (Å²) in [5, 5.41) is 8.97. The van der Waals surface area contributed by atoms with E-state index in [0.29, 0.717) is 11.3 Å². The van der Waals surface area contributed by atoms with Gasteiger partial charge >= 0.3 is 5.97 Å². The van der Waals surface area contributed by atoms with Crippen molar-refractivity contribution in [2.75, 3.05) is 7.11 Å². The Labute approximate surface area is 101 Å². The van der Waals surface area contributed by atoms with E-state index in [1.54, 1.807) is 12.1 Å². The van der Waals surface area contributed by atoms with E-state index in [1.165, 1.54) is 7.11 Å². The van der Waals surface area contributed by atoms with Gasteiger partial charge in [-0.25, -0.2) is 0 Å². The summed E-state index contributed by atoms with van der Waals surface area (Å²) in [5.74, 6) is -0.553. The molecule has 1 aromatic rings. The minimum atomic E-state index is -1.06. The van der Waals surface area contributed by atoms with Gasteiger partial charge < -0.3 is 15.6 Å². The van der Waals surface area contributed by atoms with Gasteiger partial charge in [-0.3, -0.25) is 4.79 Å². The number of ether oxygens (including phenoxy) is 1. The number of nitrogens with two attached hydrogens (primary N) is 1. The van der Waals surface area contributed by atoms with Crippen molar-refractivity contribution in [3.63, 3.8) is 0 Å². The van der Waals surface area contributed by atoms with E-state index in [2.05, 4.69) is 20.8 Å². The Bertz CT molecular complexity index is 421. The lowest BCUT2D eigenvalue weighted by atomic mass is 9.85. The van der Waals surface area contributed by atoms with Crippen molar-refractivity contribution in [2.24, 2.45) is 5.73 Å². The number of hydrogen-bond donors (Lipinski definition) is 2. The monoisotopic (exact) mass is 237 g/mol. The van der Waals surface area contributed by atoms with Crippen LogP contribution < -0.4 is 10.5 Å². The number of rotatable bonds is 3. The molecule has 0 aliphatic heterocycles. The largest absolute Gasteiger partial charge is 0.496 e. The summed E-state index contributed by atoms with van der Waals surface area (Å²) in [6.45, 7) is 6.18. The maximum atomic E-state index is 10.9. The average molecular weight is 237 g/mol. The molecule has 0 amide bonds. The maximum absolute atomic E-state index is 10.9. The minimum Gasteiger partial charge on any atom is -0.496 e. The first-order valence-corrected chi connectivity index (χ1v) is 5.44. The molecule has 0 bridgehead atoms. The molecule has 0 heterocycles. The standard InChI is InChI=1S/C13H19NO3/c1-13(2,3)8-5-6-10(17-4)9(7-8)11(14)12(15)16/h5-7,11H,14H2,1-4H3,(H,15,16). The molecule has 0 fully saturated rings. The topological polar surface area (TPSA) is 72.5 Å². The molecule has 0 radical (unpaired) electrons. The molecule has 0 spiro atoms. The Morgan fingerprint density at radius 1 is 1.41 bits per heavy atom. The van der Waals surface area contributed by atoms with Crippen LogP contribution >= 0.6 is 0 Å². The van der Waals surface area contributed by atoms with Crippen molar-refractivity contribution in [1.82, 2.24) is 0 Å². The van der Waals surface area contributed by atoms with Crippen molar-refractivity contribution >= 4 is 5.97 Å². The number of aliphatic carboxylic acids is 1. The van der Waals surface area contributed by atoms with Crippen LogP contribution in [0, 0.1) is 0 Å². The van der Waals surface area contributed by atoms with E-state index in [1.807, 2.05) is 6.07 Å². The van der Waals surface area contributed by atoms with Gasteiger partial charge in [-0.15, -0.1) is 0 Å². The van der Waals surface area contributed by atoms with E-state index in [0.717, 1.165) is 5.56 Å². The van der Waals surface area contributed by atoms with E-state index < -0.39 is 12.0 Å². The van der Waals surface area contributed by atoms with Crippen LogP contribution in [-0.4, -0.2) is 18.2 Å². The zero-order valence-corrected chi connectivity index (χ0v) is 10.7. The van der Waals surface area contributed by atoms with Gasteiger partial charge in [0.15, 0.2) is 0 Å². The molecule has 94 valence electrons. The molecule has 3 N–H and O–H groups in total. The Balaban J connectivity index is 3.29. The summed E-state index contributed by atoms with van der Waals surface area (Å²) in [5.41, 5.74) is 7.13. The molecule has 1 aromatic carbocycles. The molecule has 0 aliphatic carbocycles. The first kappa shape index (κ1) is 13.5. The van der Waals surface area contributed by atoms with Gasteiger partial charge in [0.1, 0.15) is 11.8 Å². The summed E-state index contributed by atoms with van der Waals surface area (Å²) in [6.07, 6.45) is 0. The second-order valence-corrected chi connectivity index (χ2v) is 5.02. The van der Waals surface area contributed by atoms with E-state index in [9.17, 15) is 4.79 Å². The summed E-state index contributed by atoms with van der Waals surface area (Å²) < 4.78 is 5.14. The molecule has 0 saturated heterocycles. The normalized spacial score (nSPS) is 13.2. The van der Waals surface area contributed by atoms with Crippen LogP contribution in [0.15, 0.2) is 18.2 Å². The highest BCUT2D eigenvalue weighted by Crippen LogP contribution is 2.30.